The van der Waals surface area contributed by atoms with Gasteiger partial charge in [-0.15, -0.1) is 0 Å². The molecule has 0 bridgehead atoms. The molecule has 2 rings (SSSR count). The maximum atomic E-state index is 12.3. The first-order valence-electron chi connectivity index (χ1n) is 8.55. The van der Waals surface area contributed by atoms with E-state index < -0.39 is 5.97 Å². The molecule has 0 saturated carbocycles. The summed E-state index contributed by atoms with van der Waals surface area (Å²) in [6.45, 7) is 8.04. The molecule has 2 aromatic carbocycles. The minimum atomic E-state index is -0.503. The molecular weight excluding hydrogens is 314 g/mol. The van der Waals surface area contributed by atoms with Crippen LogP contribution in [0.1, 0.15) is 61.0 Å². The second kappa shape index (κ2) is 8.47. The van der Waals surface area contributed by atoms with Crippen LogP contribution in [0.3, 0.4) is 0 Å². The van der Waals surface area contributed by atoms with Gasteiger partial charge in [0.1, 0.15) is 0 Å². The van der Waals surface area contributed by atoms with Gasteiger partial charge in [0.05, 0.1) is 5.56 Å². The molecule has 0 saturated heterocycles. The number of carbonyl (C=O) groups is 2. The van der Waals surface area contributed by atoms with E-state index in [4.69, 9.17) is 4.74 Å². The molecule has 0 spiro atoms. The summed E-state index contributed by atoms with van der Waals surface area (Å²) in [5.74, 6) is -0.280. The fourth-order valence-corrected chi connectivity index (χ4v) is 2.66. The lowest BCUT2D eigenvalue weighted by Crippen LogP contribution is -2.22. The summed E-state index contributed by atoms with van der Waals surface area (Å²) < 4.78 is 5.11. The Labute approximate surface area is 149 Å². The number of nitrogens with one attached hydrogen (secondary N) is 1. The van der Waals surface area contributed by atoms with Gasteiger partial charge in [0.25, 0.3) is 5.91 Å². The van der Waals surface area contributed by atoms with Crippen LogP contribution in [0.4, 0.5) is 5.69 Å². The lowest BCUT2D eigenvalue weighted by atomic mass is 9.92. The number of rotatable bonds is 6. The minimum absolute atomic E-state index is 0.279. The number of benzene rings is 2. The molecule has 1 N–H and O–H groups in total. The lowest BCUT2D eigenvalue weighted by molar-refractivity contribution is -0.119. The van der Waals surface area contributed by atoms with E-state index in [-0.39, 0.29) is 24.3 Å². The highest BCUT2D eigenvalue weighted by atomic mass is 16.5. The maximum absolute atomic E-state index is 12.3. The van der Waals surface area contributed by atoms with Crippen molar-refractivity contribution >= 4 is 17.6 Å². The number of hydrogen-bond acceptors (Lipinski definition) is 3. The Kier molecular flexibility index (Phi) is 6.34. The van der Waals surface area contributed by atoms with E-state index in [9.17, 15) is 9.59 Å². The normalized spacial score (nSPS) is 10.8. The van der Waals surface area contributed by atoms with Gasteiger partial charge in [-0.25, -0.2) is 4.79 Å². The third-order valence-electron chi connectivity index (χ3n) is 3.98. The van der Waals surface area contributed by atoms with Crippen LogP contribution in [-0.4, -0.2) is 18.5 Å². The monoisotopic (exact) mass is 339 g/mol. The average molecular weight is 339 g/mol. The first-order valence-corrected chi connectivity index (χ1v) is 8.55. The largest absolute Gasteiger partial charge is 0.452 e. The van der Waals surface area contributed by atoms with Gasteiger partial charge >= 0.3 is 5.97 Å². The molecule has 0 aliphatic rings. The van der Waals surface area contributed by atoms with Gasteiger partial charge < -0.3 is 10.1 Å². The molecule has 0 fully saturated rings. The van der Waals surface area contributed by atoms with Gasteiger partial charge in [0.2, 0.25) is 0 Å². The molecule has 0 atom stereocenters. The average Bonchev–Trinajstić information content (AvgIpc) is 2.60. The Bertz CT molecular complexity index is 710. The number of para-hydroxylation sites is 1. The zero-order valence-corrected chi connectivity index (χ0v) is 15.2. The highest BCUT2D eigenvalue weighted by Crippen LogP contribution is 2.32. The van der Waals surface area contributed by atoms with Gasteiger partial charge in [-0.2, -0.15) is 0 Å². The fraction of sp³-hybridized carbons (Fsp3) is 0.333. The smallest absolute Gasteiger partial charge is 0.338 e. The molecule has 0 aromatic heterocycles. The van der Waals surface area contributed by atoms with Crippen molar-refractivity contribution < 1.29 is 14.3 Å². The van der Waals surface area contributed by atoms with Crippen LogP contribution in [0.15, 0.2) is 48.5 Å². The van der Waals surface area contributed by atoms with E-state index in [0.717, 1.165) is 16.8 Å². The number of hydrogen-bond donors (Lipinski definition) is 1. The molecule has 2 aromatic rings. The topological polar surface area (TPSA) is 55.4 Å². The summed E-state index contributed by atoms with van der Waals surface area (Å²) in [6.07, 6.45) is 0. The zero-order chi connectivity index (χ0) is 18.4. The van der Waals surface area contributed by atoms with Crippen LogP contribution >= 0.6 is 0 Å². The number of anilines is 1. The first kappa shape index (κ1) is 18.7. The van der Waals surface area contributed by atoms with Gasteiger partial charge in [0.15, 0.2) is 6.61 Å². The molecule has 0 heterocycles. The predicted octanol–water partition coefficient (Wildman–Crippen LogP) is 4.73. The zero-order valence-electron chi connectivity index (χ0n) is 15.2. The minimum Gasteiger partial charge on any atom is -0.452 e. The number of amides is 1. The van der Waals surface area contributed by atoms with Crippen LogP contribution < -0.4 is 5.32 Å². The molecule has 4 nitrogen and oxygen atoms in total. The highest BCUT2D eigenvalue weighted by molar-refractivity contribution is 5.96. The Morgan fingerprint density at radius 2 is 1.44 bits per heavy atom. The molecule has 132 valence electrons. The van der Waals surface area contributed by atoms with Crippen LogP contribution in [-0.2, 0) is 9.53 Å². The molecule has 25 heavy (non-hydrogen) atoms. The van der Waals surface area contributed by atoms with Crippen molar-refractivity contribution in [3.8, 4) is 0 Å². The van der Waals surface area contributed by atoms with Crippen molar-refractivity contribution in [2.24, 2.45) is 0 Å². The molecule has 0 aliphatic heterocycles. The van der Waals surface area contributed by atoms with E-state index >= 15 is 0 Å². The summed E-state index contributed by atoms with van der Waals surface area (Å²) in [5, 5.41) is 2.93. The van der Waals surface area contributed by atoms with Gasteiger partial charge in [0, 0.05) is 5.69 Å². The highest BCUT2D eigenvalue weighted by Gasteiger charge is 2.17. The third kappa shape index (κ3) is 4.92. The van der Waals surface area contributed by atoms with E-state index in [1.807, 2.05) is 24.3 Å². The lowest BCUT2D eigenvalue weighted by Gasteiger charge is -2.20. The van der Waals surface area contributed by atoms with Crippen LogP contribution in [0, 0.1) is 0 Å². The Balaban J connectivity index is 2.09. The van der Waals surface area contributed by atoms with Crippen LogP contribution in [0.25, 0.3) is 0 Å². The molecule has 1 amide bonds. The van der Waals surface area contributed by atoms with E-state index in [1.54, 1.807) is 24.3 Å². The number of carbonyl (C=O) groups excluding carboxylic acids is 2. The van der Waals surface area contributed by atoms with Gasteiger partial charge in [-0.3, -0.25) is 4.79 Å². The van der Waals surface area contributed by atoms with Gasteiger partial charge in [-0.1, -0.05) is 64.1 Å². The first-order chi connectivity index (χ1) is 11.9. The third-order valence-corrected chi connectivity index (χ3v) is 3.98. The maximum Gasteiger partial charge on any atom is 0.338 e. The van der Waals surface area contributed by atoms with E-state index in [1.165, 1.54) is 0 Å². The standard InChI is InChI=1S/C21H25NO3/c1-14(2)17-11-8-12-18(15(3)4)20(17)22-19(23)13-25-21(24)16-9-6-5-7-10-16/h5-12,14-15H,13H2,1-4H3,(H,22,23). The van der Waals surface area contributed by atoms with E-state index in [0.29, 0.717) is 5.56 Å². The Hall–Kier alpha value is -2.62. The van der Waals surface area contributed by atoms with Gasteiger partial charge in [-0.05, 0) is 35.1 Å². The molecule has 0 aliphatic carbocycles. The van der Waals surface area contributed by atoms with Crippen molar-refractivity contribution in [3.05, 3.63) is 65.2 Å². The number of ether oxygens (including phenoxy) is 1. The van der Waals surface area contributed by atoms with Crippen molar-refractivity contribution in [1.29, 1.82) is 0 Å². The summed E-state index contributed by atoms with van der Waals surface area (Å²) in [4.78, 5) is 24.3. The van der Waals surface area contributed by atoms with E-state index in [2.05, 4.69) is 33.0 Å². The summed E-state index contributed by atoms with van der Waals surface area (Å²) in [6, 6.07) is 14.7. The Morgan fingerprint density at radius 3 is 1.96 bits per heavy atom. The molecule has 4 heteroatoms. The molecule has 0 radical (unpaired) electrons. The Morgan fingerprint density at radius 1 is 0.880 bits per heavy atom. The summed E-state index contributed by atoms with van der Waals surface area (Å²) >= 11 is 0. The summed E-state index contributed by atoms with van der Waals surface area (Å²) in [7, 11) is 0. The van der Waals surface area contributed by atoms with Crippen molar-refractivity contribution in [3.63, 3.8) is 0 Å². The van der Waals surface area contributed by atoms with Crippen LogP contribution in [0.5, 0.6) is 0 Å². The predicted molar refractivity (Wildman–Crippen MR) is 100.0 cm³/mol. The second-order valence-electron chi connectivity index (χ2n) is 6.61. The second-order valence-corrected chi connectivity index (χ2v) is 6.61. The van der Waals surface area contributed by atoms with Crippen molar-refractivity contribution in [2.75, 3.05) is 11.9 Å². The molecule has 0 unspecified atom stereocenters. The number of esters is 1. The van der Waals surface area contributed by atoms with Crippen molar-refractivity contribution in [2.45, 2.75) is 39.5 Å². The quantitative estimate of drug-likeness (QED) is 0.774. The summed E-state index contributed by atoms with van der Waals surface area (Å²) in [5.41, 5.74) is 3.41. The van der Waals surface area contributed by atoms with Crippen LogP contribution in [0.2, 0.25) is 0 Å². The van der Waals surface area contributed by atoms with Crippen molar-refractivity contribution in [1.82, 2.24) is 0 Å². The molecular formula is C21H25NO3. The fourth-order valence-electron chi connectivity index (χ4n) is 2.66. The SMILES string of the molecule is CC(C)c1cccc(C(C)C)c1NC(=O)COC(=O)c1ccccc1.